The summed E-state index contributed by atoms with van der Waals surface area (Å²) >= 11 is 0. The summed E-state index contributed by atoms with van der Waals surface area (Å²) in [5, 5.41) is 8.19. The average Bonchev–Trinajstić information content (AvgIpc) is 3.21. The van der Waals surface area contributed by atoms with Crippen LogP contribution in [-0.2, 0) is 11.3 Å². The largest absolute Gasteiger partial charge is 0.379 e. The lowest BCUT2D eigenvalue weighted by Crippen LogP contribution is -2.38. The minimum Gasteiger partial charge on any atom is -0.379 e. The van der Waals surface area contributed by atoms with E-state index in [9.17, 15) is 0 Å². The fourth-order valence-electron chi connectivity index (χ4n) is 3.94. The molecule has 23 heavy (non-hydrogen) atoms. The molecule has 3 heterocycles. The van der Waals surface area contributed by atoms with Crippen LogP contribution in [0.3, 0.4) is 0 Å². The number of hydrogen-bond donors (Lipinski definition) is 1. The van der Waals surface area contributed by atoms with Crippen LogP contribution in [0.2, 0.25) is 0 Å². The molecule has 1 saturated carbocycles. The molecule has 2 saturated heterocycles. The molecule has 0 aromatic carbocycles. The lowest BCUT2D eigenvalue weighted by atomic mass is 10.2. The molecule has 0 unspecified atom stereocenters. The van der Waals surface area contributed by atoms with Crippen molar-refractivity contribution < 1.29 is 4.74 Å². The third-order valence-electron chi connectivity index (χ3n) is 5.39. The molecule has 3 aliphatic rings. The molecule has 0 bridgehead atoms. The van der Waals surface area contributed by atoms with Crippen molar-refractivity contribution in [3.63, 3.8) is 0 Å². The standard InChI is InChI=1S/C17H29N5O/c1-14-10-15(13-22(14)17-2-3-17)19-16-11-18-21(12-16)5-4-20-6-8-23-9-7-20/h11-12,14-15,17,19H,2-10,13H2,1H3/t14-,15+/m1/s1. The summed E-state index contributed by atoms with van der Waals surface area (Å²) in [6.07, 6.45) is 8.18. The van der Waals surface area contributed by atoms with E-state index in [0.717, 1.165) is 51.5 Å². The van der Waals surface area contributed by atoms with E-state index >= 15 is 0 Å². The Morgan fingerprint density at radius 3 is 2.87 bits per heavy atom. The zero-order valence-corrected chi connectivity index (χ0v) is 14.2. The number of morpholine rings is 1. The molecule has 1 aliphatic carbocycles. The molecule has 6 heteroatoms. The Morgan fingerprint density at radius 1 is 1.26 bits per heavy atom. The van der Waals surface area contributed by atoms with Crippen molar-refractivity contribution in [2.75, 3.05) is 44.7 Å². The van der Waals surface area contributed by atoms with Crippen molar-refractivity contribution in [1.82, 2.24) is 19.6 Å². The second kappa shape index (κ2) is 6.79. The highest BCUT2D eigenvalue weighted by molar-refractivity contribution is 5.40. The molecule has 1 aromatic rings. The van der Waals surface area contributed by atoms with Crippen LogP contribution in [0.5, 0.6) is 0 Å². The van der Waals surface area contributed by atoms with Crippen LogP contribution >= 0.6 is 0 Å². The van der Waals surface area contributed by atoms with Crippen LogP contribution in [0.1, 0.15) is 26.2 Å². The SMILES string of the molecule is C[C@@H]1C[C@H](Nc2cnn(CCN3CCOCC3)c2)CN1C1CC1. The van der Waals surface area contributed by atoms with Gasteiger partial charge in [0.05, 0.1) is 31.6 Å². The Hall–Kier alpha value is -1.11. The van der Waals surface area contributed by atoms with Crippen molar-refractivity contribution in [3.05, 3.63) is 12.4 Å². The van der Waals surface area contributed by atoms with E-state index in [4.69, 9.17) is 4.74 Å². The highest BCUT2D eigenvalue weighted by Gasteiger charge is 2.38. The van der Waals surface area contributed by atoms with Crippen molar-refractivity contribution >= 4 is 5.69 Å². The van der Waals surface area contributed by atoms with Gasteiger partial charge in [0.15, 0.2) is 0 Å². The van der Waals surface area contributed by atoms with Crippen LogP contribution in [0.25, 0.3) is 0 Å². The number of hydrogen-bond acceptors (Lipinski definition) is 5. The van der Waals surface area contributed by atoms with E-state index < -0.39 is 0 Å². The van der Waals surface area contributed by atoms with E-state index in [1.807, 2.05) is 6.20 Å². The molecule has 4 rings (SSSR count). The monoisotopic (exact) mass is 319 g/mol. The number of likely N-dealkylation sites (tertiary alicyclic amines) is 1. The quantitative estimate of drug-likeness (QED) is 0.855. The molecule has 2 atom stereocenters. The predicted octanol–water partition coefficient (Wildman–Crippen LogP) is 1.25. The zero-order valence-electron chi connectivity index (χ0n) is 14.2. The van der Waals surface area contributed by atoms with Gasteiger partial charge in [-0.1, -0.05) is 0 Å². The first-order valence-electron chi connectivity index (χ1n) is 9.13. The smallest absolute Gasteiger partial charge is 0.0729 e. The van der Waals surface area contributed by atoms with E-state index in [0.29, 0.717) is 6.04 Å². The van der Waals surface area contributed by atoms with Gasteiger partial charge < -0.3 is 10.1 Å². The number of nitrogens with zero attached hydrogens (tertiary/aromatic N) is 4. The summed E-state index contributed by atoms with van der Waals surface area (Å²) in [4.78, 5) is 5.13. The molecular weight excluding hydrogens is 290 g/mol. The Bertz CT molecular complexity index is 509. The molecule has 128 valence electrons. The van der Waals surface area contributed by atoms with Gasteiger partial charge in [0.1, 0.15) is 0 Å². The maximum atomic E-state index is 5.39. The van der Waals surface area contributed by atoms with Gasteiger partial charge >= 0.3 is 0 Å². The third kappa shape index (κ3) is 3.87. The van der Waals surface area contributed by atoms with Crippen LogP contribution in [0.4, 0.5) is 5.69 Å². The van der Waals surface area contributed by atoms with Gasteiger partial charge in [0.25, 0.3) is 0 Å². The summed E-state index contributed by atoms with van der Waals surface area (Å²) in [6, 6.07) is 2.16. The molecule has 0 spiro atoms. The topological polar surface area (TPSA) is 45.6 Å². The molecular formula is C17H29N5O. The third-order valence-corrected chi connectivity index (χ3v) is 5.39. The van der Waals surface area contributed by atoms with Crippen molar-refractivity contribution in [3.8, 4) is 0 Å². The normalized spacial score (nSPS) is 30.0. The van der Waals surface area contributed by atoms with Gasteiger partial charge in [-0.05, 0) is 26.2 Å². The first-order chi connectivity index (χ1) is 11.3. The molecule has 1 aromatic heterocycles. The lowest BCUT2D eigenvalue weighted by Gasteiger charge is -2.26. The first-order valence-corrected chi connectivity index (χ1v) is 9.13. The minimum absolute atomic E-state index is 0.572. The maximum absolute atomic E-state index is 5.39. The van der Waals surface area contributed by atoms with Crippen LogP contribution in [0.15, 0.2) is 12.4 Å². The maximum Gasteiger partial charge on any atom is 0.0729 e. The Labute approximate surface area is 138 Å². The average molecular weight is 319 g/mol. The van der Waals surface area contributed by atoms with E-state index in [1.54, 1.807) is 0 Å². The van der Waals surface area contributed by atoms with Crippen molar-refractivity contribution in [2.45, 2.75) is 50.9 Å². The molecule has 3 fully saturated rings. The number of aromatic nitrogens is 2. The van der Waals surface area contributed by atoms with Gasteiger partial charge in [0.2, 0.25) is 0 Å². The zero-order chi connectivity index (χ0) is 15.6. The fraction of sp³-hybridized carbons (Fsp3) is 0.824. The van der Waals surface area contributed by atoms with Gasteiger partial charge in [-0.15, -0.1) is 0 Å². The van der Waals surface area contributed by atoms with Gasteiger partial charge in [0, 0.05) is 50.5 Å². The number of nitrogens with one attached hydrogen (secondary N) is 1. The highest BCUT2D eigenvalue weighted by Crippen LogP contribution is 2.34. The van der Waals surface area contributed by atoms with E-state index in [2.05, 4.69) is 38.0 Å². The summed E-state index contributed by atoms with van der Waals surface area (Å²) in [5.74, 6) is 0. The Morgan fingerprint density at radius 2 is 2.09 bits per heavy atom. The molecule has 0 radical (unpaired) electrons. The number of rotatable bonds is 6. The summed E-state index contributed by atoms with van der Waals surface area (Å²) in [6.45, 7) is 9.38. The van der Waals surface area contributed by atoms with Crippen LogP contribution in [0, 0.1) is 0 Å². The van der Waals surface area contributed by atoms with Crippen molar-refractivity contribution in [1.29, 1.82) is 0 Å². The first kappa shape index (κ1) is 15.4. The van der Waals surface area contributed by atoms with Crippen molar-refractivity contribution in [2.24, 2.45) is 0 Å². The molecule has 6 nitrogen and oxygen atoms in total. The lowest BCUT2D eigenvalue weighted by molar-refractivity contribution is 0.0360. The summed E-state index contributed by atoms with van der Waals surface area (Å²) < 4.78 is 7.45. The van der Waals surface area contributed by atoms with E-state index in [-0.39, 0.29) is 0 Å². The van der Waals surface area contributed by atoms with Crippen LogP contribution < -0.4 is 5.32 Å². The predicted molar refractivity (Wildman–Crippen MR) is 90.7 cm³/mol. The highest BCUT2D eigenvalue weighted by atomic mass is 16.5. The summed E-state index contributed by atoms with van der Waals surface area (Å²) in [5.41, 5.74) is 1.17. The minimum atomic E-state index is 0.572. The molecule has 2 aliphatic heterocycles. The number of ether oxygens (including phenoxy) is 1. The van der Waals surface area contributed by atoms with Gasteiger partial charge in [-0.3, -0.25) is 14.5 Å². The van der Waals surface area contributed by atoms with Gasteiger partial charge in [-0.25, -0.2) is 0 Å². The molecule has 0 amide bonds. The second-order valence-electron chi connectivity index (χ2n) is 7.30. The fourth-order valence-corrected chi connectivity index (χ4v) is 3.94. The second-order valence-corrected chi connectivity index (χ2v) is 7.30. The summed E-state index contributed by atoms with van der Waals surface area (Å²) in [7, 11) is 0. The number of anilines is 1. The van der Waals surface area contributed by atoms with Gasteiger partial charge in [-0.2, -0.15) is 5.10 Å². The molecule has 1 N–H and O–H groups in total. The van der Waals surface area contributed by atoms with E-state index in [1.165, 1.54) is 31.5 Å². The Kier molecular flexibility index (Phi) is 4.55. The Balaban J connectivity index is 1.25. The van der Waals surface area contributed by atoms with Crippen LogP contribution in [-0.4, -0.2) is 77.1 Å².